The van der Waals surface area contributed by atoms with Crippen molar-refractivity contribution in [2.75, 3.05) is 17.7 Å². The first-order valence-electron chi connectivity index (χ1n) is 7.46. The number of nitrogens with one attached hydrogen (secondary N) is 2. The quantitative estimate of drug-likeness (QED) is 0.671. The molecule has 0 atom stereocenters. The summed E-state index contributed by atoms with van der Waals surface area (Å²) in [5.41, 5.74) is 1.32. The van der Waals surface area contributed by atoms with Crippen molar-refractivity contribution < 1.29 is 9.53 Å². The van der Waals surface area contributed by atoms with Crippen LogP contribution in [0, 0.1) is 0 Å². The highest BCUT2D eigenvalue weighted by atomic mass is 79.9. The second-order valence-corrected chi connectivity index (χ2v) is 6.01. The highest BCUT2D eigenvalue weighted by molar-refractivity contribution is 9.10. The monoisotopic (exact) mass is 398 g/mol. The van der Waals surface area contributed by atoms with Gasteiger partial charge in [0, 0.05) is 10.2 Å². The van der Waals surface area contributed by atoms with E-state index in [0.717, 1.165) is 10.2 Å². The summed E-state index contributed by atoms with van der Waals surface area (Å²) < 4.78 is 6.15. The van der Waals surface area contributed by atoms with Gasteiger partial charge in [0.15, 0.2) is 11.6 Å². The van der Waals surface area contributed by atoms with E-state index in [4.69, 9.17) is 4.74 Å². The molecule has 0 unspecified atom stereocenters. The molecule has 2 N–H and O–H groups in total. The van der Waals surface area contributed by atoms with Crippen LogP contribution in [0.5, 0.6) is 5.75 Å². The Kier molecular flexibility index (Phi) is 5.25. The van der Waals surface area contributed by atoms with E-state index in [0.29, 0.717) is 22.9 Å². The summed E-state index contributed by atoms with van der Waals surface area (Å²) >= 11 is 3.41. The van der Waals surface area contributed by atoms with Gasteiger partial charge in [0.2, 0.25) is 0 Å². The average molecular weight is 399 g/mol. The number of halogens is 1. The number of ether oxygens (including phenoxy) is 1. The van der Waals surface area contributed by atoms with Gasteiger partial charge in [-0.1, -0.05) is 34.1 Å². The molecule has 0 aliphatic rings. The summed E-state index contributed by atoms with van der Waals surface area (Å²) in [5.74, 6) is 1.13. The molecule has 2 aromatic carbocycles. The van der Waals surface area contributed by atoms with Gasteiger partial charge in [-0.25, -0.2) is 0 Å². The molecule has 0 saturated carbocycles. The van der Waals surface area contributed by atoms with E-state index in [2.05, 4.69) is 36.8 Å². The number of hydrogen-bond donors (Lipinski definition) is 2. The third-order valence-corrected chi connectivity index (χ3v) is 3.85. The zero-order chi connectivity index (χ0) is 17.6. The van der Waals surface area contributed by atoms with Gasteiger partial charge in [-0.3, -0.25) is 4.79 Å². The van der Waals surface area contributed by atoms with Crippen LogP contribution in [0.3, 0.4) is 0 Å². The normalized spacial score (nSPS) is 10.2. The number of rotatable bonds is 5. The predicted octanol–water partition coefficient (Wildman–Crippen LogP) is 4.24. The summed E-state index contributed by atoms with van der Waals surface area (Å²) in [6, 6.07) is 18.1. The third-order valence-electron chi connectivity index (χ3n) is 3.35. The van der Waals surface area contributed by atoms with Crippen LogP contribution in [0.2, 0.25) is 0 Å². The molecule has 3 rings (SSSR count). The van der Waals surface area contributed by atoms with Crippen LogP contribution in [0.15, 0.2) is 65.1 Å². The number of nitrogens with zero attached hydrogens (tertiary/aromatic N) is 2. The Morgan fingerprint density at radius 1 is 1.00 bits per heavy atom. The van der Waals surface area contributed by atoms with Gasteiger partial charge in [0.1, 0.15) is 5.75 Å². The molecular weight excluding hydrogens is 384 g/mol. The molecule has 1 amide bonds. The third kappa shape index (κ3) is 4.33. The van der Waals surface area contributed by atoms with Crippen LogP contribution >= 0.6 is 15.9 Å². The lowest BCUT2D eigenvalue weighted by atomic mass is 10.2. The molecule has 6 nitrogen and oxygen atoms in total. The Balaban J connectivity index is 1.69. The molecular formula is C18H15BrN4O2. The lowest BCUT2D eigenvalue weighted by molar-refractivity contribution is 0.102. The van der Waals surface area contributed by atoms with Crippen molar-refractivity contribution >= 4 is 39.2 Å². The van der Waals surface area contributed by atoms with Crippen LogP contribution in [-0.2, 0) is 0 Å². The maximum atomic E-state index is 12.3. The van der Waals surface area contributed by atoms with E-state index >= 15 is 0 Å². The van der Waals surface area contributed by atoms with Crippen LogP contribution in [0.4, 0.5) is 17.3 Å². The molecule has 126 valence electrons. The SMILES string of the molecule is COc1ccccc1C(=O)Nc1ccc(Nc2cccc(Br)c2)nn1. The smallest absolute Gasteiger partial charge is 0.260 e. The lowest BCUT2D eigenvalue weighted by Crippen LogP contribution is -2.14. The maximum Gasteiger partial charge on any atom is 0.260 e. The highest BCUT2D eigenvalue weighted by Crippen LogP contribution is 2.20. The van der Waals surface area contributed by atoms with Crippen molar-refractivity contribution in [2.24, 2.45) is 0 Å². The number of methoxy groups -OCH3 is 1. The Morgan fingerprint density at radius 3 is 2.48 bits per heavy atom. The zero-order valence-corrected chi connectivity index (χ0v) is 14.9. The molecule has 0 radical (unpaired) electrons. The first-order chi connectivity index (χ1) is 12.2. The Labute approximate surface area is 153 Å². The van der Waals surface area contributed by atoms with Crippen LogP contribution in [-0.4, -0.2) is 23.2 Å². The molecule has 0 aliphatic carbocycles. The van der Waals surface area contributed by atoms with Crippen LogP contribution < -0.4 is 15.4 Å². The molecule has 1 heterocycles. The van der Waals surface area contributed by atoms with E-state index in [1.807, 2.05) is 24.3 Å². The highest BCUT2D eigenvalue weighted by Gasteiger charge is 2.12. The molecule has 0 bridgehead atoms. The number of benzene rings is 2. The minimum atomic E-state index is -0.306. The van der Waals surface area contributed by atoms with Crippen molar-refractivity contribution in [1.82, 2.24) is 10.2 Å². The number of carbonyl (C=O) groups is 1. The molecule has 0 aliphatic heterocycles. The minimum absolute atomic E-state index is 0.306. The molecule has 7 heteroatoms. The van der Waals surface area contributed by atoms with Gasteiger partial charge >= 0.3 is 0 Å². The van der Waals surface area contributed by atoms with E-state index in [1.54, 1.807) is 36.4 Å². The zero-order valence-electron chi connectivity index (χ0n) is 13.4. The average Bonchev–Trinajstić information content (AvgIpc) is 2.63. The molecule has 0 spiro atoms. The van der Waals surface area contributed by atoms with Gasteiger partial charge < -0.3 is 15.4 Å². The van der Waals surface area contributed by atoms with Crippen molar-refractivity contribution in [3.05, 3.63) is 70.7 Å². The van der Waals surface area contributed by atoms with Crippen LogP contribution in [0.25, 0.3) is 0 Å². The van der Waals surface area contributed by atoms with Crippen molar-refractivity contribution in [3.63, 3.8) is 0 Å². The number of carbonyl (C=O) groups excluding carboxylic acids is 1. The van der Waals surface area contributed by atoms with E-state index in [9.17, 15) is 4.79 Å². The number of hydrogen-bond acceptors (Lipinski definition) is 5. The number of amides is 1. The summed E-state index contributed by atoms with van der Waals surface area (Å²) in [5, 5.41) is 13.9. The number of para-hydroxylation sites is 1. The first kappa shape index (κ1) is 16.9. The van der Waals surface area contributed by atoms with E-state index in [-0.39, 0.29) is 5.91 Å². The predicted molar refractivity (Wildman–Crippen MR) is 100 cm³/mol. The topological polar surface area (TPSA) is 76.1 Å². The molecule has 3 aromatic rings. The molecule has 1 aromatic heterocycles. The molecule has 25 heavy (non-hydrogen) atoms. The summed E-state index contributed by atoms with van der Waals surface area (Å²) in [6.07, 6.45) is 0. The fourth-order valence-electron chi connectivity index (χ4n) is 2.20. The standard InChI is InChI=1S/C18H15BrN4O2/c1-25-15-8-3-2-7-14(15)18(24)21-17-10-9-16(22-23-17)20-13-6-4-5-12(19)11-13/h2-11H,1H3,(H,20,22)(H,21,23,24). The van der Waals surface area contributed by atoms with Crippen molar-refractivity contribution in [3.8, 4) is 5.75 Å². The Hall–Kier alpha value is -2.93. The lowest BCUT2D eigenvalue weighted by Gasteiger charge is -2.09. The van der Waals surface area contributed by atoms with Gasteiger partial charge in [0.25, 0.3) is 5.91 Å². The van der Waals surface area contributed by atoms with Gasteiger partial charge in [-0.2, -0.15) is 0 Å². The fraction of sp³-hybridized carbons (Fsp3) is 0.0556. The number of anilines is 3. The summed E-state index contributed by atoms with van der Waals surface area (Å²) in [7, 11) is 1.52. The second-order valence-electron chi connectivity index (χ2n) is 5.09. The number of aromatic nitrogens is 2. The first-order valence-corrected chi connectivity index (χ1v) is 8.26. The van der Waals surface area contributed by atoms with Gasteiger partial charge in [0.05, 0.1) is 12.7 Å². The molecule has 0 saturated heterocycles. The van der Waals surface area contributed by atoms with Crippen molar-refractivity contribution in [1.29, 1.82) is 0 Å². The van der Waals surface area contributed by atoms with E-state index < -0.39 is 0 Å². The Bertz CT molecular complexity index is 884. The second kappa shape index (κ2) is 7.76. The minimum Gasteiger partial charge on any atom is -0.496 e. The summed E-state index contributed by atoms with van der Waals surface area (Å²) in [6.45, 7) is 0. The fourth-order valence-corrected chi connectivity index (χ4v) is 2.59. The largest absolute Gasteiger partial charge is 0.496 e. The van der Waals surface area contributed by atoms with Gasteiger partial charge in [-0.15, -0.1) is 10.2 Å². The van der Waals surface area contributed by atoms with Gasteiger partial charge in [-0.05, 0) is 42.5 Å². The Morgan fingerprint density at radius 2 is 1.76 bits per heavy atom. The van der Waals surface area contributed by atoms with E-state index in [1.165, 1.54) is 7.11 Å². The maximum absolute atomic E-state index is 12.3. The van der Waals surface area contributed by atoms with Crippen molar-refractivity contribution in [2.45, 2.75) is 0 Å². The summed E-state index contributed by atoms with van der Waals surface area (Å²) in [4.78, 5) is 12.3. The molecule has 0 fully saturated rings. The van der Waals surface area contributed by atoms with Crippen LogP contribution in [0.1, 0.15) is 10.4 Å².